The van der Waals surface area contributed by atoms with Crippen LogP contribution in [0.25, 0.3) is 0 Å². The molecule has 0 aliphatic heterocycles. The minimum Gasteiger partial charge on any atom is -0.466 e. The molecule has 13 heavy (non-hydrogen) atoms. The molecule has 0 amide bonds. The van der Waals surface area contributed by atoms with Gasteiger partial charge in [0.2, 0.25) is 0 Å². The van der Waals surface area contributed by atoms with Gasteiger partial charge in [0.05, 0.1) is 6.61 Å². The lowest BCUT2D eigenvalue weighted by molar-refractivity contribution is -0.140. The van der Waals surface area contributed by atoms with E-state index in [4.69, 9.17) is 10.7 Å². The summed E-state index contributed by atoms with van der Waals surface area (Å²) in [6, 6.07) is 0. The van der Waals surface area contributed by atoms with Gasteiger partial charge in [-0.2, -0.15) is 5.26 Å². The molecule has 0 radical (unpaired) electrons. The Labute approximate surface area is 76.9 Å². The average molecular weight is 189 g/mol. The number of rotatable bonds is 1. The first kappa shape index (κ1) is 17.2. The van der Waals surface area contributed by atoms with Crippen molar-refractivity contribution in [3.05, 3.63) is 0 Å². The smallest absolute Gasteiger partial charge is 0.302 e. The van der Waals surface area contributed by atoms with E-state index < -0.39 is 0 Å². The molecular weight excluding hydrogens is 174 g/mol. The van der Waals surface area contributed by atoms with Crippen LogP contribution in [0.5, 0.6) is 0 Å². The van der Waals surface area contributed by atoms with Crippen LogP contribution in [0.1, 0.15) is 13.8 Å². The van der Waals surface area contributed by atoms with Gasteiger partial charge in [-0.3, -0.25) is 10.2 Å². The molecule has 0 aromatic carbocycles. The Kier molecular flexibility index (Phi) is 21.9. The van der Waals surface area contributed by atoms with Crippen molar-refractivity contribution in [1.82, 2.24) is 0 Å². The number of guanidine groups is 1. The highest BCUT2D eigenvalue weighted by molar-refractivity contribution is 5.71. The van der Waals surface area contributed by atoms with Gasteiger partial charge >= 0.3 is 5.97 Å². The first-order valence-electron chi connectivity index (χ1n) is 3.24. The Morgan fingerprint density at radius 1 is 1.62 bits per heavy atom. The minimum absolute atomic E-state index is 0.211. The number of nitrogens with zero attached hydrogens (tertiary/aromatic N) is 1. The van der Waals surface area contributed by atoms with Gasteiger partial charge in [-0.15, -0.1) is 0 Å². The molecule has 0 heterocycles. The molecule has 0 spiro atoms. The van der Waals surface area contributed by atoms with Crippen molar-refractivity contribution in [3.63, 3.8) is 0 Å². The summed E-state index contributed by atoms with van der Waals surface area (Å²) in [7, 11) is 0. The Bertz CT molecular complexity index is 170. The lowest BCUT2D eigenvalue weighted by Gasteiger charge is -1.89. The monoisotopic (exact) mass is 189 g/mol. The van der Waals surface area contributed by atoms with E-state index in [-0.39, 0.29) is 11.9 Å². The highest BCUT2D eigenvalue weighted by Gasteiger charge is 1.81. The first-order chi connectivity index (χ1) is 5.92. The molecule has 0 aromatic rings. The van der Waals surface area contributed by atoms with Gasteiger partial charge in [-0.25, -0.2) is 0 Å². The minimum atomic E-state index is -0.333. The molecule has 0 rings (SSSR count). The van der Waals surface area contributed by atoms with Crippen LogP contribution < -0.4 is 17.2 Å². The fourth-order valence-electron chi connectivity index (χ4n) is 0.203. The predicted octanol–water partition coefficient (Wildman–Crippen LogP) is -1.17. The first-order valence-corrected chi connectivity index (χ1v) is 3.24. The molecule has 76 valence electrons. The lowest BCUT2D eigenvalue weighted by atomic mass is 10.8. The molecule has 7 heteroatoms. The summed E-state index contributed by atoms with van der Waals surface area (Å²) in [5.74, 6) is -0.544. The largest absolute Gasteiger partial charge is 0.466 e. The van der Waals surface area contributed by atoms with Crippen LogP contribution in [-0.2, 0) is 9.53 Å². The summed E-state index contributed by atoms with van der Waals surface area (Å²) in [6.45, 7) is 3.65. The van der Waals surface area contributed by atoms with E-state index >= 15 is 0 Å². The summed E-state index contributed by atoms with van der Waals surface area (Å²) in [5.41, 5.74) is 13.1. The Morgan fingerprint density at radius 3 is 1.85 bits per heavy atom. The molecule has 0 saturated carbocycles. The second-order valence-corrected chi connectivity index (χ2v) is 1.51. The summed E-state index contributed by atoms with van der Waals surface area (Å²) in [4.78, 5) is 9.82. The zero-order chi connectivity index (χ0) is 11.3. The molecule has 0 fully saturated rings. The number of hydrogen-bond acceptors (Lipinski definition) is 5. The van der Waals surface area contributed by atoms with Crippen LogP contribution in [0, 0.1) is 16.9 Å². The SMILES string of the molecule is CCOC(C)=O.N#CN.N=C(N)N. The van der Waals surface area contributed by atoms with Gasteiger partial charge in [0.25, 0.3) is 0 Å². The fraction of sp³-hybridized carbons (Fsp3) is 0.500. The Morgan fingerprint density at radius 2 is 1.85 bits per heavy atom. The highest BCUT2D eigenvalue weighted by Crippen LogP contribution is 1.69. The van der Waals surface area contributed by atoms with Crippen molar-refractivity contribution in [2.75, 3.05) is 6.61 Å². The van der Waals surface area contributed by atoms with Crippen molar-refractivity contribution in [2.24, 2.45) is 17.2 Å². The average Bonchev–Trinajstić information content (AvgIpc) is 1.86. The number of ether oxygens (including phenoxy) is 1. The van der Waals surface area contributed by atoms with Gasteiger partial charge < -0.3 is 21.9 Å². The molecule has 0 bridgehead atoms. The zero-order valence-corrected chi connectivity index (χ0v) is 7.70. The molecule has 7 N–H and O–H groups in total. The van der Waals surface area contributed by atoms with Gasteiger partial charge in [-0.1, -0.05) is 0 Å². The maximum absolute atomic E-state index is 9.82. The van der Waals surface area contributed by atoms with Gasteiger partial charge in [0.1, 0.15) is 0 Å². The van der Waals surface area contributed by atoms with E-state index in [9.17, 15) is 4.79 Å². The van der Waals surface area contributed by atoms with Gasteiger partial charge in [0, 0.05) is 6.92 Å². The number of carbonyl (C=O) groups is 1. The predicted molar refractivity (Wildman–Crippen MR) is 48.2 cm³/mol. The molecular formula is C6H15N5O2. The fourth-order valence-corrected chi connectivity index (χ4v) is 0.203. The van der Waals surface area contributed by atoms with Gasteiger partial charge in [-0.05, 0) is 6.92 Å². The zero-order valence-electron chi connectivity index (χ0n) is 7.70. The highest BCUT2D eigenvalue weighted by atomic mass is 16.5. The van der Waals surface area contributed by atoms with Gasteiger partial charge in [0.15, 0.2) is 12.2 Å². The number of carbonyl (C=O) groups excluding carboxylic acids is 1. The second kappa shape index (κ2) is 16.5. The maximum atomic E-state index is 9.82. The second-order valence-electron chi connectivity index (χ2n) is 1.51. The standard InChI is InChI=1S/C4H8O2.CH5N3.CH2N2/c1-3-6-4(2)5;2-1(3)4;2-1-3/h3H2,1-2H3;(H5,2,3,4);2H2. The molecule has 0 atom stereocenters. The third-order valence-electron chi connectivity index (χ3n) is 0.348. The topological polar surface area (TPSA) is 152 Å². The maximum Gasteiger partial charge on any atom is 0.302 e. The Balaban J connectivity index is -0.000000125. The van der Waals surface area contributed by atoms with E-state index in [1.54, 1.807) is 6.92 Å². The summed E-state index contributed by atoms with van der Waals surface area (Å²) in [5, 5.41) is 13.2. The molecule has 0 aliphatic carbocycles. The third kappa shape index (κ3) is 610. The van der Waals surface area contributed by atoms with E-state index in [1.807, 2.05) is 0 Å². The van der Waals surface area contributed by atoms with Crippen LogP contribution in [-0.4, -0.2) is 18.5 Å². The van der Waals surface area contributed by atoms with Crippen LogP contribution in [0.3, 0.4) is 0 Å². The van der Waals surface area contributed by atoms with Crippen molar-refractivity contribution in [1.29, 1.82) is 10.7 Å². The van der Waals surface area contributed by atoms with Crippen LogP contribution in [0.15, 0.2) is 0 Å². The van der Waals surface area contributed by atoms with Crippen LogP contribution in [0.4, 0.5) is 0 Å². The quantitative estimate of drug-likeness (QED) is 0.134. The molecule has 0 aliphatic rings. The van der Waals surface area contributed by atoms with Crippen LogP contribution in [0.2, 0.25) is 0 Å². The van der Waals surface area contributed by atoms with Crippen LogP contribution >= 0.6 is 0 Å². The van der Waals surface area contributed by atoms with E-state index in [0.717, 1.165) is 0 Å². The summed E-state index contributed by atoms with van der Waals surface area (Å²) in [6.07, 6.45) is 1.25. The molecule has 7 nitrogen and oxygen atoms in total. The van der Waals surface area contributed by atoms with Crippen molar-refractivity contribution < 1.29 is 9.53 Å². The normalized spacial score (nSPS) is 5.92. The number of nitrogens with one attached hydrogen (secondary N) is 1. The number of hydrogen-bond donors (Lipinski definition) is 4. The number of nitrogens with two attached hydrogens (primary N) is 3. The van der Waals surface area contributed by atoms with E-state index in [0.29, 0.717) is 6.61 Å². The third-order valence-corrected chi connectivity index (χ3v) is 0.348. The van der Waals surface area contributed by atoms with E-state index in [2.05, 4.69) is 21.9 Å². The molecule has 0 saturated heterocycles. The van der Waals surface area contributed by atoms with E-state index in [1.165, 1.54) is 13.1 Å². The Hall–Kier alpha value is -1.97. The van der Waals surface area contributed by atoms with Crippen molar-refractivity contribution in [2.45, 2.75) is 13.8 Å². The molecule has 0 aromatic heterocycles. The van der Waals surface area contributed by atoms with Crippen molar-refractivity contribution in [3.8, 4) is 6.19 Å². The lowest BCUT2D eigenvalue weighted by Crippen LogP contribution is -2.20. The molecule has 0 unspecified atom stereocenters. The number of esters is 1. The number of nitriles is 1. The summed E-state index contributed by atoms with van der Waals surface area (Å²) >= 11 is 0. The summed E-state index contributed by atoms with van der Waals surface area (Å²) < 4.78 is 4.40. The van der Waals surface area contributed by atoms with Crippen molar-refractivity contribution >= 4 is 11.9 Å².